The lowest BCUT2D eigenvalue weighted by molar-refractivity contribution is -0.758. The first-order valence-corrected chi connectivity index (χ1v) is 6.28. The highest BCUT2D eigenvalue weighted by molar-refractivity contribution is 7.09. The standard InChI is InChI=1S/C12H12N2O3S/c1-9-12(18-8-13-9)11(7-17-14(15)16)10-5-3-2-4-6-10/h2-6,8,11H,7H2,1H3. The van der Waals surface area contributed by atoms with Crippen molar-refractivity contribution in [1.29, 1.82) is 0 Å². The number of aromatic nitrogens is 1. The van der Waals surface area contributed by atoms with Crippen LogP contribution in [0.25, 0.3) is 0 Å². The van der Waals surface area contributed by atoms with Crippen molar-refractivity contribution in [1.82, 2.24) is 4.98 Å². The fourth-order valence-corrected chi connectivity index (χ4v) is 2.71. The first-order chi connectivity index (χ1) is 8.68. The SMILES string of the molecule is Cc1ncsc1C(CO[N+](=O)[O-])c1ccccc1. The number of rotatable bonds is 5. The van der Waals surface area contributed by atoms with Gasteiger partial charge in [-0.1, -0.05) is 30.3 Å². The van der Waals surface area contributed by atoms with Crippen molar-refractivity contribution in [3.63, 3.8) is 0 Å². The van der Waals surface area contributed by atoms with E-state index in [4.69, 9.17) is 0 Å². The summed E-state index contributed by atoms with van der Waals surface area (Å²) < 4.78 is 0. The summed E-state index contributed by atoms with van der Waals surface area (Å²) >= 11 is 1.49. The number of benzene rings is 1. The van der Waals surface area contributed by atoms with Crippen molar-refractivity contribution in [2.75, 3.05) is 6.61 Å². The molecule has 1 aromatic carbocycles. The average Bonchev–Trinajstić information content (AvgIpc) is 2.77. The summed E-state index contributed by atoms with van der Waals surface area (Å²) in [6.45, 7) is 1.91. The minimum absolute atomic E-state index is 0.0139. The van der Waals surface area contributed by atoms with E-state index in [1.54, 1.807) is 5.51 Å². The van der Waals surface area contributed by atoms with E-state index in [2.05, 4.69) is 9.82 Å². The average molecular weight is 264 g/mol. The second-order valence-corrected chi connectivity index (χ2v) is 4.67. The van der Waals surface area contributed by atoms with Crippen molar-refractivity contribution in [3.8, 4) is 0 Å². The minimum atomic E-state index is -0.758. The molecule has 1 unspecified atom stereocenters. The Bertz CT molecular complexity index is 527. The van der Waals surface area contributed by atoms with E-state index in [0.717, 1.165) is 16.1 Å². The van der Waals surface area contributed by atoms with E-state index in [-0.39, 0.29) is 12.5 Å². The summed E-state index contributed by atoms with van der Waals surface area (Å²) in [5.41, 5.74) is 3.62. The molecule has 0 aliphatic rings. The molecule has 0 aliphatic carbocycles. The number of nitrogens with zero attached hydrogens (tertiary/aromatic N) is 2. The summed E-state index contributed by atoms with van der Waals surface area (Å²) in [5, 5.41) is 9.60. The van der Waals surface area contributed by atoms with Gasteiger partial charge in [0.15, 0.2) is 0 Å². The van der Waals surface area contributed by atoms with Gasteiger partial charge in [-0.05, 0) is 12.5 Å². The third-order valence-corrected chi connectivity index (χ3v) is 3.69. The lowest BCUT2D eigenvalue weighted by Gasteiger charge is -2.15. The Morgan fingerprint density at radius 2 is 2.17 bits per heavy atom. The van der Waals surface area contributed by atoms with E-state index >= 15 is 0 Å². The number of aryl methyl sites for hydroxylation is 1. The summed E-state index contributed by atoms with van der Waals surface area (Å²) in [4.78, 5) is 20.1. The lowest BCUT2D eigenvalue weighted by Crippen LogP contribution is -2.12. The maximum Gasteiger partial charge on any atom is 0.294 e. The van der Waals surface area contributed by atoms with Crippen molar-refractivity contribution < 1.29 is 9.92 Å². The van der Waals surface area contributed by atoms with Crippen LogP contribution in [0, 0.1) is 17.0 Å². The Morgan fingerprint density at radius 1 is 1.44 bits per heavy atom. The molecule has 2 rings (SSSR count). The van der Waals surface area contributed by atoms with Crippen molar-refractivity contribution in [2.24, 2.45) is 0 Å². The number of hydrogen-bond donors (Lipinski definition) is 0. The van der Waals surface area contributed by atoms with Gasteiger partial charge in [-0.2, -0.15) is 0 Å². The molecule has 0 amide bonds. The third-order valence-electron chi connectivity index (χ3n) is 2.65. The van der Waals surface area contributed by atoms with Crippen molar-refractivity contribution >= 4 is 11.3 Å². The molecule has 0 aliphatic heterocycles. The highest BCUT2D eigenvalue weighted by Crippen LogP contribution is 2.30. The van der Waals surface area contributed by atoms with E-state index in [0.29, 0.717) is 0 Å². The van der Waals surface area contributed by atoms with Gasteiger partial charge in [0.2, 0.25) is 0 Å². The first kappa shape index (κ1) is 12.5. The molecule has 0 saturated carbocycles. The van der Waals surface area contributed by atoms with Gasteiger partial charge in [0, 0.05) is 10.8 Å². The molecular formula is C12H12N2O3S. The van der Waals surface area contributed by atoms with Crippen molar-refractivity contribution in [2.45, 2.75) is 12.8 Å². The molecule has 1 heterocycles. The predicted octanol–water partition coefficient (Wildman–Crippen LogP) is 2.79. The maximum absolute atomic E-state index is 10.4. The van der Waals surface area contributed by atoms with Crippen LogP contribution in [-0.4, -0.2) is 16.7 Å². The molecule has 1 aromatic heterocycles. The fourth-order valence-electron chi connectivity index (χ4n) is 1.79. The fraction of sp³-hybridized carbons (Fsp3) is 0.250. The molecule has 18 heavy (non-hydrogen) atoms. The zero-order valence-corrected chi connectivity index (χ0v) is 10.6. The lowest BCUT2D eigenvalue weighted by atomic mass is 9.97. The van der Waals surface area contributed by atoms with Crippen LogP contribution >= 0.6 is 11.3 Å². The second kappa shape index (κ2) is 5.59. The second-order valence-electron chi connectivity index (χ2n) is 3.78. The maximum atomic E-state index is 10.4. The van der Waals surface area contributed by atoms with Gasteiger partial charge in [-0.3, -0.25) is 0 Å². The Balaban J connectivity index is 2.29. The van der Waals surface area contributed by atoms with Gasteiger partial charge in [0.25, 0.3) is 5.09 Å². The minimum Gasteiger partial charge on any atom is -0.313 e. The summed E-state index contributed by atoms with van der Waals surface area (Å²) in [6.07, 6.45) is 0. The molecule has 0 fully saturated rings. The zero-order valence-electron chi connectivity index (χ0n) is 9.78. The van der Waals surface area contributed by atoms with Crippen LogP contribution in [0.3, 0.4) is 0 Å². The Morgan fingerprint density at radius 3 is 2.72 bits per heavy atom. The smallest absolute Gasteiger partial charge is 0.294 e. The molecule has 6 heteroatoms. The molecule has 5 nitrogen and oxygen atoms in total. The van der Waals surface area contributed by atoms with Crippen molar-refractivity contribution in [3.05, 3.63) is 62.1 Å². The van der Waals surface area contributed by atoms with Gasteiger partial charge >= 0.3 is 0 Å². The normalized spacial score (nSPS) is 12.1. The quantitative estimate of drug-likeness (QED) is 0.615. The zero-order chi connectivity index (χ0) is 13.0. The Hall–Kier alpha value is -1.95. The molecule has 2 aromatic rings. The van der Waals surface area contributed by atoms with E-state index in [9.17, 15) is 10.1 Å². The number of hydrogen-bond acceptors (Lipinski definition) is 5. The summed E-state index contributed by atoms with van der Waals surface area (Å²) in [7, 11) is 0. The van der Waals surface area contributed by atoms with E-state index in [1.165, 1.54) is 11.3 Å². The van der Waals surface area contributed by atoms with Crippen LogP contribution in [-0.2, 0) is 4.84 Å². The topological polar surface area (TPSA) is 65.3 Å². The summed E-state index contributed by atoms with van der Waals surface area (Å²) in [6, 6.07) is 9.60. The van der Waals surface area contributed by atoms with Crippen LogP contribution in [0.15, 0.2) is 35.8 Å². The first-order valence-electron chi connectivity index (χ1n) is 5.40. The van der Waals surface area contributed by atoms with Gasteiger partial charge < -0.3 is 4.84 Å². The van der Waals surface area contributed by atoms with E-state index < -0.39 is 5.09 Å². The van der Waals surface area contributed by atoms with E-state index in [1.807, 2.05) is 37.3 Å². The molecular weight excluding hydrogens is 252 g/mol. The summed E-state index contributed by atoms with van der Waals surface area (Å²) in [5.74, 6) is -0.149. The molecule has 0 radical (unpaired) electrons. The molecule has 0 spiro atoms. The van der Waals surface area contributed by atoms with Gasteiger partial charge in [0.05, 0.1) is 11.2 Å². The number of thiazole rings is 1. The van der Waals surface area contributed by atoms with Crippen LogP contribution in [0.5, 0.6) is 0 Å². The molecule has 1 atom stereocenters. The van der Waals surface area contributed by atoms with Crippen LogP contribution in [0.4, 0.5) is 0 Å². The molecule has 0 saturated heterocycles. The Labute approximate surface area is 108 Å². The Kier molecular flexibility index (Phi) is 3.88. The van der Waals surface area contributed by atoms with Gasteiger partial charge in [0.1, 0.15) is 6.61 Å². The largest absolute Gasteiger partial charge is 0.313 e. The highest BCUT2D eigenvalue weighted by Gasteiger charge is 2.19. The monoisotopic (exact) mass is 264 g/mol. The third kappa shape index (κ3) is 2.84. The van der Waals surface area contributed by atoms with Gasteiger partial charge in [-0.25, -0.2) is 4.98 Å². The van der Waals surface area contributed by atoms with Crippen LogP contribution in [0.2, 0.25) is 0 Å². The van der Waals surface area contributed by atoms with Crippen LogP contribution < -0.4 is 0 Å². The molecule has 94 valence electrons. The predicted molar refractivity (Wildman–Crippen MR) is 68.1 cm³/mol. The molecule has 0 N–H and O–H groups in total. The van der Waals surface area contributed by atoms with Gasteiger partial charge in [-0.15, -0.1) is 21.5 Å². The van der Waals surface area contributed by atoms with Crippen LogP contribution in [0.1, 0.15) is 22.1 Å². The highest BCUT2D eigenvalue weighted by atomic mass is 32.1. The molecule has 0 bridgehead atoms.